The third kappa shape index (κ3) is 6.02. The van der Waals surface area contributed by atoms with Gasteiger partial charge >= 0.3 is 5.97 Å². The van der Waals surface area contributed by atoms with Gasteiger partial charge in [-0.05, 0) is 82.9 Å². The van der Waals surface area contributed by atoms with E-state index in [9.17, 15) is 4.79 Å². The highest BCUT2D eigenvalue weighted by Crippen LogP contribution is 2.24. The predicted molar refractivity (Wildman–Crippen MR) is 149 cm³/mol. The van der Waals surface area contributed by atoms with E-state index in [0.717, 1.165) is 33.4 Å². The molecule has 0 atom stereocenters. The fourth-order valence-electron chi connectivity index (χ4n) is 3.85. The summed E-state index contributed by atoms with van der Waals surface area (Å²) in [5.41, 5.74) is 7.25. The lowest BCUT2D eigenvalue weighted by Crippen LogP contribution is -2.05. The van der Waals surface area contributed by atoms with Crippen LogP contribution in [0.5, 0.6) is 5.75 Å². The zero-order chi connectivity index (χ0) is 26.2. The molecule has 0 amide bonds. The second kappa shape index (κ2) is 11.5. The topological polar surface area (TPSA) is 52.1 Å². The molecule has 4 heteroatoms. The number of carbonyl (C=O) groups excluding carboxylic acids is 1. The molecule has 0 fully saturated rings. The van der Waals surface area contributed by atoms with Crippen LogP contribution in [0.3, 0.4) is 0 Å². The third-order valence-electron chi connectivity index (χ3n) is 5.74. The minimum Gasteiger partial charge on any atom is -0.424 e. The summed E-state index contributed by atoms with van der Waals surface area (Å²) in [5, 5.41) is 0. The molecule has 0 N–H and O–H groups in total. The minimum absolute atomic E-state index is 0.363. The average Bonchev–Trinajstić information content (AvgIpc) is 2.97. The first-order valence-electron chi connectivity index (χ1n) is 12.0. The molecule has 180 valence electrons. The van der Waals surface area contributed by atoms with Crippen LogP contribution >= 0.6 is 0 Å². The number of aromatic nitrogens is 2. The van der Waals surface area contributed by atoms with E-state index < -0.39 is 5.97 Å². The van der Waals surface area contributed by atoms with Gasteiger partial charge in [0.1, 0.15) is 0 Å². The van der Waals surface area contributed by atoms with E-state index in [1.807, 2.05) is 91.0 Å². The Labute approximate surface area is 222 Å². The fraction of sp³-hybridized carbons (Fsp3) is 0.0294. The van der Waals surface area contributed by atoms with Crippen LogP contribution in [0.25, 0.3) is 22.3 Å². The number of ether oxygens (including phenoxy) is 1. The van der Waals surface area contributed by atoms with E-state index in [0.29, 0.717) is 16.9 Å². The number of benzene rings is 3. The van der Waals surface area contributed by atoms with Crippen molar-refractivity contribution in [1.82, 2.24) is 9.97 Å². The van der Waals surface area contributed by atoms with E-state index >= 15 is 0 Å². The van der Waals surface area contributed by atoms with Crippen molar-refractivity contribution in [3.05, 3.63) is 138 Å². The zero-order valence-electron chi connectivity index (χ0n) is 20.7. The van der Waals surface area contributed by atoms with Crippen molar-refractivity contribution in [3.8, 4) is 51.7 Å². The Bertz CT molecular complexity index is 1570. The summed E-state index contributed by atoms with van der Waals surface area (Å²) < 4.78 is 5.55. The maximum Gasteiger partial charge on any atom is 0.308 e. The SMILES string of the molecule is CC(=O)Oc1c(C#Cc2ccc(-c3ccncc3)cc2)cccc1C#Cc1ccc(-c2ccncc2)cc1. The Kier molecular flexibility index (Phi) is 7.35. The van der Waals surface area contributed by atoms with Gasteiger partial charge in [0.25, 0.3) is 0 Å². The van der Waals surface area contributed by atoms with Gasteiger partial charge in [-0.2, -0.15) is 0 Å². The highest BCUT2D eigenvalue weighted by molar-refractivity contribution is 5.73. The van der Waals surface area contributed by atoms with Crippen LogP contribution in [0.2, 0.25) is 0 Å². The molecule has 2 heterocycles. The van der Waals surface area contributed by atoms with Crippen molar-refractivity contribution in [3.63, 3.8) is 0 Å². The minimum atomic E-state index is -0.425. The summed E-state index contributed by atoms with van der Waals surface area (Å²) >= 11 is 0. The van der Waals surface area contributed by atoms with Gasteiger partial charge in [-0.3, -0.25) is 14.8 Å². The van der Waals surface area contributed by atoms with Crippen molar-refractivity contribution in [2.75, 3.05) is 0 Å². The van der Waals surface area contributed by atoms with Crippen molar-refractivity contribution in [2.45, 2.75) is 6.92 Å². The molecule has 3 aromatic carbocycles. The highest BCUT2D eigenvalue weighted by atomic mass is 16.5. The number of nitrogens with zero attached hydrogens (tertiary/aromatic N) is 2. The Balaban J connectivity index is 1.41. The summed E-state index contributed by atoms with van der Waals surface area (Å²) in [6.07, 6.45) is 7.08. The van der Waals surface area contributed by atoms with Crippen LogP contribution < -0.4 is 4.74 Å². The van der Waals surface area contributed by atoms with Gasteiger partial charge in [-0.1, -0.05) is 54.0 Å². The Morgan fingerprint density at radius 3 is 1.34 bits per heavy atom. The zero-order valence-corrected chi connectivity index (χ0v) is 20.7. The molecule has 0 aliphatic rings. The molecule has 5 rings (SSSR count). The van der Waals surface area contributed by atoms with Crippen molar-refractivity contribution < 1.29 is 9.53 Å². The number of hydrogen-bond donors (Lipinski definition) is 0. The van der Waals surface area contributed by atoms with Crippen molar-refractivity contribution >= 4 is 5.97 Å². The van der Waals surface area contributed by atoms with Gasteiger partial charge in [0.2, 0.25) is 0 Å². The predicted octanol–water partition coefficient (Wildman–Crippen LogP) is 6.54. The molecular formula is C34H22N2O2. The number of pyridine rings is 2. The number of para-hydroxylation sites is 1. The van der Waals surface area contributed by atoms with Gasteiger partial charge in [0, 0.05) is 42.8 Å². The maximum absolute atomic E-state index is 11.9. The Morgan fingerprint density at radius 2 is 0.947 bits per heavy atom. The molecular weight excluding hydrogens is 468 g/mol. The standard InChI is InChI=1S/C34H22N2O2/c1-25(37)38-34-32(15-9-26-5-11-28(12-6-26)30-17-21-35-22-18-30)3-2-4-33(34)16-10-27-7-13-29(14-8-27)31-19-23-36-24-20-31/h2-8,11-14,17-24H,1H3. The first-order valence-corrected chi connectivity index (χ1v) is 12.0. The molecule has 0 spiro atoms. The molecule has 0 unspecified atom stereocenters. The van der Waals surface area contributed by atoms with E-state index in [1.165, 1.54) is 6.92 Å². The summed E-state index contributed by atoms with van der Waals surface area (Å²) in [4.78, 5) is 20.0. The van der Waals surface area contributed by atoms with Gasteiger partial charge in [0.15, 0.2) is 5.75 Å². The molecule has 2 aromatic heterocycles. The fourth-order valence-corrected chi connectivity index (χ4v) is 3.85. The van der Waals surface area contributed by atoms with E-state index in [-0.39, 0.29) is 0 Å². The second-order valence-corrected chi connectivity index (χ2v) is 8.40. The first kappa shape index (κ1) is 24.3. The third-order valence-corrected chi connectivity index (χ3v) is 5.74. The van der Waals surface area contributed by atoms with Crippen LogP contribution in [0.15, 0.2) is 116 Å². The maximum atomic E-state index is 11.9. The van der Waals surface area contributed by atoms with Crippen LogP contribution in [0.1, 0.15) is 29.2 Å². The number of esters is 1. The van der Waals surface area contributed by atoms with Crippen LogP contribution in [0.4, 0.5) is 0 Å². The lowest BCUT2D eigenvalue weighted by molar-refractivity contribution is -0.131. The molecule has 38 heavy (non-hydrogen) atoms. The molecule has 0 aliphatic carbocycles. The van der Waals surface area contributed by atoms with Gasteiger partial charge in [0.05, 0.1) is 11.1 Å². The van der Waals surface area contributed by atoms with Gasteiger partial charge in [-0.25, -0.2) is 0 Å². The highest BCUT2D eigenvalue weighted by Gasteiger charge is 2.10. The molecule has 0 saturated carbocycles. The Morgan fingerprint density at radius 1 is 0.553 bits per heavy atom. The number of carbonyl (C=O) groups is 1. The Hall–Kier alpha value is -5.45. The van der Waals surface area contributed by atoms with Crippen molar-refractivity contribution in [1.29, 1.82) is 0 Å². The summed E-state index contributed by atoms with van der Waals surface area (Å²) in [7, 11) is 0. The molecule has 0 saturated heterocycles. The molecule has 5 aromatic rings. The van der Waals surface area contributed by atoms with E-state index in [4.69, 9.17) is 4.74 Å². The smallest absolute Gasteiger partial charge is 0.308 e. The average molecular weight is 491 g/mol. The van der Waals surface area contributed by atoms with Gasteiger partial charge in [-0.15, -0.1) is 0 Å². The second-order valence-electron chi connectivity index (χ2n) is 8.40. The number of rotatable bonds is 3. The van der Waals surface area contributed by atoms with E-state index in [2.05, 4.69) is 33.6 Å². The molecule has 4 nitrogen and oxygen atoms in total. The molecule has 0 aliphatic heterocycles. The van der Waals surface area contributed by atoms with Crippen molar-refractivity contribution in [2.24, 2.45) is 0 Å². The monoisotopic (exact) mass is 490 g/mol. The lowest BCUT2D eigenvalue weighted by Gasteiger charge is -2.07. The summed E-state index contributed by atoms with van der Waals surface area (Å²) in [6, 6.07) is 29.3. The van der Waals surface area contributed by atoms with E-state index in [1.54, 1.807) is 24.8 Å². The summed E-state index contributed by atoms with van der Waals surface area (Å²) in [6.45, 7) is 1.37. The van der Waals surface area contributed by atoms with Gasteiger partial charge < -0.3 is 4.74 Å². The summed E-state index contributed by atoms with van der Waals surface area (Å²) in [5.74, 6) is 12.6. The lowest BCUT2D eigenvalue weighted by atomic mass is 10.0. The molecule has 0 bridgehead atoms. The van der Waals surface area contributed by atoms with Crippen LogP contribution in [-0.4, -0.2) is 15.9 Å². The van der Waals surface area contributed by atoms with Crippen LogP contribution in [-0.2, 0) is 4.79 Å². The largest absolute Gasteiger partial charge is 0.424 e. The normalized spacial score (nSPS) is 9.92. The van der Waals surface area contributed by atoms with Crippen LogP contribution in [0, 0.1) is 23.7 Å². The quantitative estimate of drug-likeness (QED) is 0.164. The number of hydrogen-bond acceptors (Lipinski definition) is 4. The molecule has 0 radical (unpaired) electrons. The first-order chi connectivity index (χ1) is 18.7.